The minimum absolute atomic E-state index is 0.0785. The molecule has 1 amide bonds. The molecule has 0 aliphatic heterocycles. The molecule has 0 saturated carbocycles. The van der Waals surface area contributed by atoms with E-state index >= 15 is 0 Å². The number of nitrogens with zero attached hydrogens (tertiary/aromatic N) is 1. The van der Waals surface area contributed by atoms with Gasteiger partial charge in [0.05, 0.1) is 22.7 Å². The molecule has 0 bridgehead atoms. The van der Waals surface area contributed by atoms with Crippen LogP contribution in [0, 0.1) is 0 Å². The standard InChI is InChI=1S/C24H25ClN2O4S/c1-18(19-9-5-3-6-10-19)16-26-24(28)17-27(20-13-14-23(31-2)22(25)15-20)32(29,30)21-11-7-4-8-12-21/h3-15,18H,16-17H2,1-2H3,(H,26,28)/t18-/m0/s1. The van der Waals surface area contributed by atoms with Crippen LogP contribution in [-0.2, 0) is 14.8 Å². The van der Waals surface area contributed by atoms with Gasteiger partial charge in [-0.25, -0.2) is 8.42 Å². The second-order valence-corrected chi connectivity index (χ2v) is 9.53. The van der Waals surface area contributed by atoms with Crippen LogP contribution in [0.3, 0.4) is 0 Å². The molecular formula is C24H25ClN2O4S. The zero-order valence-corrected chi connectivity index (χ0v) is 19.4. The van der Waals surface area contributed by atoms with Crippen LogP contribution in [0.25, 0.3) is 0 Å². The number of hydrogen-bond acceptors (Lipinski definition) is 4. The van der Waals surface area contributed by atoms with Gasteiger partial charge in [-0.2, -0.15) is 0 Å². The maximum Gasteiger partial charge on any atom is 0.264 e. The third-order valence-corrected chi connectivity index (χ3v) is 7.10. The summed E-state index contributed by atoms with van der Waals surface area (Å²) < 4.78 is 32.9. The number of hydrogen-bond donors (Lipinski definition) is 1. The number of nitrogens with one attached hydrogen (secondary N) is 1. The summed E-state index contributed by atoms with van der Waals surface area (Å²) in [4.78, 5) is 12.9. The van der Waals surface area contributed by atoms with Crippen molar-refractivity contribution in [2.75, 3.05) is 24.5 Å². The van der Waals surface area contributed by atoms with Crippen molar-refractivity contribution in [3.63, 3.8) is 0 Å². The summed E-state index contributed by atoms with van der Waals surface area (Å²) in [6, 6.07) is 22.4. The second kappa shape index (κ2) is 10.5. The Morgan fingerprint density at radius 3 is 2.25 bits per heavy atom. The molecule has 0 unspecified atom stereocenters. The number of sulfonamides is 1. The Kier molecular flexibility index (Phi) is 7.77. The van der Waals surface area contributed by atoms with Crippen LogP contribution in [0.2, 0.25) is 5.02 Å². The van der Waals surface area contributed by atoms with Gasteiger partial charge in [-0.05, 0) is 41.8 Å². The molecule has 0 heterocycles. The van der Waals surface area contributed by atoms with E-state index in [-0.39, 0.29) is 28.1 Å². The maximum absolute atomic E-state index is 13.4. The normalized spacial score (nSPS) is 12.1. The van der Waals surface area contributed by atoms with Crippen LogP contribution in [0.1, 0.15) is 18.4 Å². The molecule has 0 fully saturated rings. The lowest BCUT2D eigenvalue weighted by atomic mass is 10.0. The maximum atomic E-state index is 13.4. The largest absolute Gasteiger partial charge is 0.495 e. The average molecular weight is 473 g/mol. The summed E-state index contributed by atoms with van der Waals surface area (Å²) >= 11 is 6.23. The Morgan fingerprint density at radius 1 is 1.03 bits per heavy atom. The van der Waals surface area contributed by atoms with Crippen molar-refractivity contribution in [2.45, 2.75) is 17.7 Å². The van der Waals surface area contributed by atoms with Gasteiger partial charge >= 0.3 is 0 Å². The SMILES string of the molecule is COc1ccc(N(CC(=O)NC[C@H](C)c2ccccc2)S(=O)(=O)c2ccccc2)cc1Cl. The lowest BCUT2D eigenvalue weighted by Crippen LogP contribution is -2.41. The van der Waals surface area contributed by atoms with Crippen molar-refractivity contribution in [1.29, 1.82) is 0 Å². The van der Waals surface area contributed by atoms with Gasteiger partial charge in [0.25, 0.3) is 10.0 Å². The Labute approximate surface area is 193 Å². The van der Waals surface area contributed by atoms with Crippen LogP contribution in [0.15, 0.2) is 83.8 Å². The highest BCUT2D eigenvalue weighted by Crippen LogP contribution is 2.31. The van der Waals surface area contributed by atoms with E-state index in [9.17, 15) is 13.2 Å². The Bertz CT molecular complexity index is 1160. The summed E-state index contributed by atoms with van der Waals surface area (Å²) in [6.45, 7) is 1.99. The first-order chi connectivity index (χ1) is 15.3. The predicted octanol–water partition coefficient (Wildman–Crippen LogP) is 4.46. The van der Waals surface area contributed by atoms with Crippen molar-refractivity contribution in [1.82, 2.24) is 5.32 Å². The molecule has 8 heteroatoms. The molecular weight excluding hydrogens is 448 g/mol. The first-order valence-corrected chi connectivity index (χ1v) is 11.9. The van der Waals surface area contributed by atoms with Crippen molar-refractivity contribution < 1.29 is 17.9 Å². The first-order valence-electron chi connectivity index (χ1n) is 10.1. The third kappa shape index (κ3) is 5.60. The van der Waals surface area contributed by atoms with Crippen LogP contribution >= 0.6 is 11.6 Å². The molecule has 0 saturated heterocycles. The zero-order chi connectivity index (χ0) is 23.1. The third-order valence-electron chi connectivity index (χ3n) is 5.02. The van der Waals surface area contributed by atoms with Gasteiger partial charge in [0, 0.05) is 6.54 Å². The van der Waals surface area contributed by atoms with E-state index < -0.39 is 15.9 Å². The van der Waals surface area contributed by atoms with Crippen molar-refractivity contribution in [2.24, 2.45) is 0 Å². The van der Waals surface area contributed by atoms with Crippen molar-refractivity contribution >= 4 is 33.2 Å². The fourth-order valence-electron chi connectivity index (χ4n) is 3.20. The molecule has 3 aromatic carbocycles. The van der Waals surface area contributed by atoms with E-state index in [2.05, 4.69) is 5.32 Å². The average Bonchev–Trinajstić information content (AvgIpc) is 2.82. The number of carbonyl (C=O) groups is 1. The zero-order valence-electron chi connectivity index (χ0n) is 17.9. The summed E-state index contributed by atoms with van der Waals surface area (Å²) in [7, 11) is -2.53. The number of methoxy groups -OCH3 is 1. The highest BCUT2D eigenvalue weighted by Gasteiger charge is 2.27. The van der Waals surface area contributed by atoms with Gasteiger partial charge in [0.1, 0.15) is 12.3 Å². The Hall–Kier alpha value is -3.03. The van der Waals surface area contributed by atoms with E-state index in [1.807, 2.05) is 37.3 Å². The molecule has 0 aliphatic carbocycles. The number of carbonyl (C=O) groups excluding carboxylic acids is 1. The molecule has 168 valence electrons. The minimum atomic E-state index is -4.00. The molecule has 0 aliphatic rings. The van der Waals surface area contributed by atoms with Gasteiger partial charge in [-0.15, -0.1) is 0 Å². The van der Waals surface area contributed by atoms with E-state index in [0.29, 0.717) is 12.3 Å². The smallest absolute Gasteiger partial charge is 0.264 e. The number of rotatable bonds is 9. The van der Waals surface area contributed by atoms with E-state index in [4.69, 9.17) is 16.3 Å². The number of benzene rings is 3. The minimum Gasteiger partial charge on any atom is -0.495 e. The fraction of sp³-hybridized carbons (Fsp3) is 0.208. The molecule has 1 atom stereocenters. The lowest BCUT2D eigenvalue weighted by Gasteiger charge is -2.25. The molecule has 32 heavy (non-hydrogen) atoms. The monoisotopic (exact) mass is 472 g/mol. The Morgan fingerprint density at radius 2 is 1.66 bits per heavy atom. The highest BCUT2D eigenvalue weighted by molar-refractivity contribution is 7.92. The molecule has 3 rings (SSSR count). The van der Waals surface area contributed by atoms with Crippen molar-refractivity contribution in [3.8, 4) is 5.75 Å². The molecule has 3 aromatic rings. The number of anilines is 1. The highest BCUT2D eigenvalue weighted by atomic mass is 35.5. The molecule has 1 N–H and O–H groups in total. The summed E-state index contributed by atoms with van der Waals surface area (Å²) in [6.07, 6.45) is 0. The van der Waals surface area contributed by atoms with Crippen LogP contribution in [-0.4, -0.2) is 34.5 Å². The Balaban J connectivity index is 1.84. The number of amides is 1. The molecule has 0 radical (unpaired) electrons. The number of halogens is 1. The summed E-state index contributed by atoms with van der Waals surface area (Å²) in [5, 5.41) is 3.09. The van der Waals surface area contributed by atoms with E-state index in [1.165, 1.54) is 25.3 Å². The quantitative estimate of drug-likeness (QED) is 0.498. The second-order valence-electron chi connectivity index (χ2n) is 7.26. The fourth-order valence-corrected chi connectivity index (χ4v) is 4.88. The molecule has 6 nitrogen and oxygen atoms in total. The lowest BCUT2D eigenvalue weighted by molar-refractivity contribution is -0.119. The van der Waals surface area contributed by atoms with E-state index in [0.717, 1.165) is 9.87 Å². The topological polar surface area (TPSA) is 75.7 Å². The molecule has 0 aromatic heterocycles. The van der Waals surface area contributed by atoms with Crippen LogP contribution in [0.5, 0.6) is 5.75 Å². The van der Waals surface area contributed by atoms with Crippen molar-refractivity contribution in [3.05, 3.63) is 89.4 Å². The van der Waals surface area contributed by atoms with Gasteiger partial charge in [0.2, 0.25) is 5.91 Å². The van der Waals surface area contributed by atoms with Gasteiger partial charge in [-0.3, -0.25) is 9.10 Å². The van der Waals surface area contributed by atoms with Gasteiger partial charge in [-0.1, -0.05) is 67.1 Å². The number of ether oxygens (including phenoxy) is 1. The molecule has 0 spiro atoms. The van der Waals surface area contributed by atoms with Crippen LogP contribution in [0.4, 0.5) is 5.69 Å². The van der Waals surface area contributed by atoms with E-state index in [1.54, 1.807) is 30.3 Å². The van der Waals surface area contributed by atoms with Gasteiger partial charge in [0.15, 0.2) is 0 Å². The summed E-state index contributed by atoms with van der Waals surface area (Å²) in [5.74, 6) is 0.0719. The first kappa shape index (κ1) is 23.6. The predicted molar refractivity (Wildman–Crippen MR) is 127 cm³/mol. The van der Waals surface area contributed by atoms with Gasteiger partial charge < -0.3 is 10.1 Å². The van der Waals surface area contributed by atoms with Crippen LogP contribution < -0.4 is 14.4 Å². The summed E-state index contributed by atoms with van der Waals surface area (Å²) in [5.41, 5.74) is 1.36.